The number of rotatable bonds is 5. The zero-order valence-corrected chi connectivity index (χ0v) is 29.4. The van der Waals surface area contributed by atoms with E-state index < -0.39 is 0 Å². The van der Waals surface area contributed by atoms with E-state index in [2.05, 4.69) is 71.3 Å². The SMILES string of the molecule is [B]c1c([B])c([B])c(-c2ccc(-c3nc(-c4ccccc4)nc(-c4cccc5c4oc4ccc(-n6c7ccccc7c7ccccc76)cc45)n3)cc2)c([B])c1[B]. The lowest BCUT2D eigenvalue weighted by Crippen LogP contribution is -2.55. The molecule has 3 heterocycles. The molecule has 10 radical (unpaired) electrons. The lowest BCUT2D eigenvalue weighted by molar-refractivity contribution is 0.669. The van der Waals surface area contributed by atoms with E-state index in [4.69, 9.17) is 58.6 Å². The number of aromatic nitrogens is 4. The minimum Gasteiger partial charge on any atom is -0.455 e. The highest BCUT2D eigenvalue weighted by Gasteiger charge is 2.20. The van der Waals surface area contributed by atoms with Gasteiger partial charge in [0.1, 0.15) is 50.4 Å². The summed E-state index contributed by atoms with van der Waals surface area (Å²) in [5.41, 5.74) is 9.49. The van der Waals surface area contributed by atoms with Gasteiger partial charge >= 0.3 is 0 Å². The van der Waals surface area contributed by atoms with Crippen LogP contribution >= 0.6 is 0 Å². The Bertz CT molecular complexity index is 3070. The van der Waals surface area contributed by atoms with E-state index >= 15 is 0 Å². The summed E-state index contributed by atoms with van der Waals surface area (Å²) in [7, 11) is 31.1. The number of hydrogen-bond acceptors (Lipinski definition) is 4. The van der Waals surface area contributed by atoms with E-state index in [1.807, 2.05) is 72.8 Å². The molecule has 0 N–H and O–H groups in total. The van der Waals surface area contributed by atoms with Gasteiger partial charge < -0.3 is 8.98 Å². The molecule has 0 aliphatic rings. The van der Waals surface area contributed by atoms with Crippen LogP contribution in [-0.4, -0.2) is 58.8 Å². The Morgan fingerprint density at radius 2 is 0.945 bits per heavy atom. The van der Waals surface area contributed by atoms with Gasteiger partial charge in [-0.1, -0.05) is 114 Å². The maximum Gasteiger partial charge on any atom is 0.167 e. The Hall–Kier alpha value is -6.53. The first-order valence-corrected chi connectivity index (χ1v) is 17.7. The maximum atomic E-state index is 6.63. The molecule has 0 fully saturated rings. The van der Waals surface area contributed by atoms with Gasteiger partial charge in [-0.05, 0) is 47.5 Å². The van der Waals surface area contributed by atoms with E-state index in [0.717, 1.165) is 55.3 Å². The van der Waals surface area contributed by atoms with Gasteiger partial charge in [0.15, 0.2) is 17.5 Å². The topological polar surface area (TPSA) is 56.7 Å². The van der Waals surface area contributed by atoms with Crippen LogP contribution in [0, 0.1) is 0 Å². The van der Waals surface area contributed by atoms with Crippen molar-refractivity contribution in [1.29, 1.82) is 0 Å². The molecule has 10 rings (SSSR count). The number of nitrogens with zero attached hydrogens (tertiary/aromatic N) is 4. The molecule has 244 valence electrons. The first kappa shape index (κ1) is 33.1. The van der Waals surface area contributed by atoms with Crippen molar-refractivity contribution in [3.05, 3.63) is 140 Å². The number of para-hydroxylation sites is 3. The Labute approximate surface area is 323 Å². The van der Waals surface area contributed by atoms with E-state index in [9.17, 15) is 0 Å². The molecule has 5 nitrogen and oxygen atoms in total. The predicted octanol–water partition coefficient (Wildman–Crippen LogP) is 5.51. The highest BCUT2D eigenvalue weighted by molar-refractivity contribution is 6.68. The largest absolute Gasteiger partial charge is 0.455 e. The van der Waals surface area contributed by atoms with Crippen LogP contribution in [0.25, 0.3) is 94.7 Å². The first-order chi connectivity index (χ1) is 26.9. The molecule has 10 heteroatoms. The van der Waals surface area contributed by atoms with E-state index in [1.54, 1.807) is 0 Å². The Kier molecular flexibility index (Phi) is 7.70. The van der Waals surface area contributed by atoms with Gasteiger partial charge in [-0.2, -0.15) is 0 Å². The quantitative estimate of drug-likeness (QED) is 0.224. The van der Waals surface area contributed by atoms with Gasteiger partial charge in [-0.15, -0.1) is 16.4 Å². The average Bonchev–Trinajstić information content (AvgIpc) is 3.78. The third-order valence-electron chi connectivity index (χ3n) is 10.4. The molecule has 0 aliphatic carbocycles. The highest BCUT2D eigenvalue weighted by Crippen LogP contribution is 2.38. The zero-order valence-electron chi connectivity index (χ0n) is 29.4. The fraction of sp³-hybridized carbons (Fsp3) is 0. The van der Waals surface area contributed by atoms with Crippen LogP contribution in [0.1, 0.15) is 0 Å². The Balaban J connectivity index is 1.12. The molecular formula is C45H23B5N4O. The van der Waals surface area contributed by atoms with Crippen molar-refractivity contribution in [2.75, 3.05) is 0 Å². The molecule has 0 bridgehead atoms. The second-order valence-electron chi connectivity index (χ2n) is 13.5. The van der Waals surface area contributed by atoms with Crippen LogP contribution in [-0.2, 0) is 0 Å². The van der Waals surface area contributed by atoms with Gasteiger partial charge in [0.05, 0.1) is 16.6 Å². The van der Waals surface area contributed by atoms with Gasteiger partial charge in [0.2, 0.25) is 0 Å². The summed E-state index contributed by atoms with van der Waals surface area (Å²) in [6.45, 7) is 0. The van der Waals surface area contributed by atoms with Crippen LogP contribution in [0.4, 0.5) is 0 Å². The summed E-state index contributed by atoms with van der Waals surface area (Å²) in [6.07, 6.45) is 0. The minimum atomic E-state index is 0.171. The highest BCUT2D eigenvalue weighted by atomic mass is 16.3. The van der Waals surface area contributed by atoms with Gasteiger partial charge in [0, 0.05) is 38.4 Å². The summed E-state index contributed by atoms with van der Waals surface area (Å²) < 4.78 is 8.94. The van der Waals surface area contributed by atoms with Gasteiger partial charge in [0.25, 0.3) is 0 Å². The zero-order chi connectivity index (χ0) is 37.4. The van der Waals surface area contributed by atoms with Crippen molar-refractivity contribution in [3.8, 4) is 51.0 Å². The Morgan fingerprint density at radius 3 is 1.60 bits per heavy atom. The second kappa shape index (κ2) is 12.8. The second-order valence-corrected chi connectivity index (χ2v) is 13.5. The van der Waals surface area contributed by atoms with Crippen molar-refractivity contribution >= 4 is 110 Å². The van der Waals surface area contributed by atoms with E-state index in [0.29, 0.717) is 28.6 Å². The van der Waals surface area contributed by atoms with Crippen LogP contribution in [0.15, 0.2) is 144 Å². The third-order valence-corrected chi connectivity index (χ3v) is 10.4. The summed E-state index contributed by atoms with van der Waals surface area (Å²) in [5.74, 6) is 1.49. The molecular weight excluding hydrogens is 667 g/mol. The molecule has 0 aliphatic heterocycles. The van der Waals surface area contributed by atoms with Crippen molar-refractivity contribution in [1.82, 2.24) is 19.5 Å². The van der Waals surface area contributed by atoms with Crippen LogP contribution in [0.3, 0.4) is 0 Å². The standard InChI is InChI=1S/C45H23B5N4O/c46-37-36(38(47)40(49)41(50)39(37)48)24-17-19-26(20-18-24)44-51-43(25-9-2-1-3-10-25)52-45(53-44)31-14-8-13-30-32-23-27(21-22-35(32)55-42(30)31)54-33-15-6-4-11-28(33)29-12-5-7-16-34(29)54/h1-23H. The molecule has 3 aromatic heterocycles. The van der Waals surface area contributed by atoms with Crippen molar-refractivity contribution in [3.63, 3.8) is 0 Å². The molecule has 10 aromatic rings. The molecule has 0 saturated carbocycles. The summed E-state index contributed by atoms with van der Waals surface area (Å²) in [5, 5.41) is 4.37. The summed E-state index contributed by atoms with van der Waals surface area (Å²) in [6, 6.07) is 46.8. The van der Waals surface area contributed by atoms with Crippen molar-refractivity contribution in [2.24, 2.45) is 0 Å². The van der Waals surface area contributed by atoms with E-state index in [-0.39, 0.29) is 27.3 Å². The fourth-order valence-electron chi connectivity index (χ4n) is 7.59. The molecule has 0 atom stereocenters. The average molecular weight is 690 g/mol. The van der Waals surface area contributed by atoms with Crippen molar-refractivity contribution in [2.45, 2.75) is 0 Å². The van der Waals surface area contributed by atoms with Gasteiger partial charge in [-0.3, -0.25) is 0 Å². The van der Waals surface area contributed by atoms with Gasteiger partial charge in [-0.25, -0.2) is 15.0 Å². The van der Waals surface area contributed by atoms with Crippen LogP contribution < -0.4 is 27.3 Å². The molecule has 0 saturated heterocycles. The number of fused-ring (bicyclic) bond motifs is 6. The number of benzene rings is 7. The smallest absolute Gasteiger partial charge is 0.167 e. The molecule has 55 heavy (non-hydrogen) atoms. The first-order valence-electron chi connectivity index (χ1n) is 17.7. The lowest BCUT2D eigenvalue weighted by atomic mass is 9.59. The number of furan rings is 1. The van der Waals surface area contributed by atoms with Crippen LogP contribution in [0.2, 0.25) is 0 Å². The maximum absolute atomic E-state index is 6.63. The molecule has 0 spiro atoms. The Morgan fingerprint density at radius 1 is 0.418 bits per heavy atom. The third kappa shape index (κ3) is 5.27. The lowest BCUT2D eigenvalue weighted by Gasteiger charge is -2.21. The molecule has 7 aromatic carbocycles. The molecule has 0 unspecified atom stereocenters. The van der Waals surface area contributed by atoms with E-state index in [1.165, 1.54) is 10.8 Å². The number of hydrogen-bond donors (Lipinski definition) is 0. The normalized spacial score (nSPS) is 11.6. The van der Waals surface area contributed by atoms with Crippen LogP contribution in [0.5, 0.6) is 0 Å². The predicted molar refractivity (Wildman–Crippen MR) is 230 cm³/mol. The fourth-order valence-corrected chi connectivity index (χ4v) is 7.59. The monoisotopic (exact) mass is 690 g/mol. The molecule has 0 amide bonds. The minimum absolute atomic E-state index is 0.171. The van der Waals surface area contributed by atoms with Crippen molar-refractivity contribution < 1.29 is 4.42 Å². The summed E-state index contributed by atoms with van der Waals surface area (Å²) in [4.78, 5) is 15.0. The summed E-state index contributed by atoms with van der Waals surface area (Å²) >= 11 is 0.